The van der Waals surface area contributed by atoms with Crippen LogP contribution in [0, 0.1) is 0 Å². The Morgan fingerprint density at radius 1 is 0.330 bits per heavy atom. The van der Waals surface area contributed by atoms with E-state index in [0.29, 0.717) is 23.9 Å². The van der Waals surface area contributed by atoms with E-state index in [1.807, 2.05) is 21.1 Å². The van der Waals surface area contributed by atoms with Crippen LogP contribution >= 0.6 is 7.82 Å². The third-order valence-corrected chi connectivity index (χ3v) is 21.8. The minimum atomic E-state index is -4.58. The van der Waals surface area contributed by atoms with Crippen molar-refractivity contribution in [1.29, 1.82) is 0 Å². The number of aliphatic hydroxyl groups excluding tert-OH is 1. The number of nitrogens with zero attached hydrogens (tertiary/aromatic N) is 1. The van der Waals surface area contributed by atoms with Crippen LogP contribution < -0.4 is 10.2 Å². The molecule has 0 aliphatic carbocycles. The summed E-state index contributed by atoms with van der Waals surface area (Å²) in [6, 6.07) is -0.798. The summed E-state index contributed by atoms with van der Waals surface area (Å²) in [5.74, 6) is -0.151. The third kappa shape index (κ3) is 78.8. The van der Waals surface area contributed by atoms with Crippen molar-refractivity contribution in [3.63, 3.8) is 0 Å². The van der Waals surface area contributed by atoms with Crippen molar-refractivity contribution in [3.8, 4) is 0 Å². The van der Waals surface area contributed by atoms with Crippen LogP contribution in [0.1, 0.15) is 489 Å². The molecule has 3 atom stereocenters. The molecule has 0 aromatic heterocycles. The number of likely N-dealkylation sites (N-methyl/N-ethyl adjacent to an activating group) is 1. The molecule has 0 rings (SSSR count). The molecule has 0 heterocycles. The second-order valence-electron chi connectivity index (χ2n) is 31.6. The van der Waals surface area contributed by atoms with Gasteiger partial charge in [0.15, 0.2) is 0 Å². The lowest BCUT2D eigenvalue weighted by Crippen LogP contribution is -2.46. The molecule has 0 bridgehead atoms. The summed E-state index contributed by atoms with van der Waals surface area (Å²) < 4.78 is 23.6. The first-order valence-corrected chi connectivity index (χ1v) is 44.8. The van der Waals surface area contributed by atoms with Crippen LogP contribution in [-0.4, -0.2) is 68.5 Å². The Balaban J connectivity index is 3.83. The minimum Gasteiger partial charge on any atom is -0.756 e. The van der Waals surface area contributed by atoms with E-state index >= 15 is 0 Å². The Hall–Kier alpha value is -0.500. The number of amides is 1. The standard InChI is InChI=1S/C85H173N2O6P/c1-6-8-10-12-14-16-18-20-22-24-26-28-30-32-34-36-38-39-40-41-42-43-44-45-46-47-49-51-53-55-57-59-61-63-65-67-69-71-73-75-77-79-85(89)86-83(82-93-94(90,91)92-81-80-87(3,4)5)84(88)78-76-74-72-70-68-66-64-62-60-58-56-54-52-50-48-37-35-33-31-29-27-25-23-21-19-17-15-13-11-9-7-2/h83-84,88H,6-82H2,1-5H3,(H-,86,89,90,91). The highest BCUT2D eigenvalue weighted by Crippen LogP contribution is 2.38. The Morgan fingerprint density at radius 2 is 0.521 bits per heavy atom. The van der Waals surface area contributed by atoms with Crippen molar-refractivity contribution in [3.05, 3.63) is 0 Å². The molecule has 0 radical (unpaired) electrons. The van der Waals surface area contributed by atoms with E-state index in [1.54, 1.807) is 0 Å². The Kier molecular flexibility index (Phi) is 76.3. The number of hydrogen-bond donors (Lipinski definition) is 2. The highest BCUT2D eigenvalue weighted by atomic mass is 31.2. The van der Waals surface area contributed by atoms with Gasteiger partial charge >= 0.3 is 0 Å². The van der Waals surface area contributed by atoms with Gasteiger partial charge in [-0.2, -0.15) is 0 Å². The van der Waals surface area contributed by atoms with Crippen LogP contribution in [0.5, 0.6) is 0 Å². The number of rotatable bonds is 83. The second-order valence-corrected chi connectivity index (χ2v) is 33.0. The summed E-state index contributed by atoms with van der Waals surface area (Å²) in [7, 11) is 1.34. The molecule has 9 heteroatoms. The predicted octanol–water partition coefficient (Wildman–Crippen LogP) is 27.9. The number of aliphatic hydroxyl groups is 1. The van der Waals surface area contributed by atoms with Crippen molar-refractivity contribution in [2.75, 3.05) is 40.9 Å². The molecule has 0 fully saturated rings. The molecule has 0 aliphatic heterocycles. The van der Waals surface area contributed by atoms with Crippen molar-refractivity contribution >= 4 is 13.7 Å². The van der Waals surface area contributed by atoms with E-state index in [1.165, 1.54) is 424 Å². The van der Waals surface area contributed by atoms with E-state index in [-0.39, 0.29) is 19.1 Å². The molecule has 0 aromatic rings. The Labute approximate surface area is 590 Å². The zero-order valence-corrected chi connectivity index (χ0v) is 65.9. The maximum absolute atomic E-state index is 13.1. The number of nitrogens with one attached hydrogen (secondary N) is 1. The van der Waals surface area contributed by atoms with Gasteiger partial charge in [-0.15, -0.1) is 0 Å². The maximum atomic E-state index is 13.1. The van der Waals surface area contributed by atoms with Crippen LogP contribution in [0.2, 0.25) is 0 Å². The molecule has 0 aromatic carbocycles. The third-order valence-electron chi connectivity index (χ3n) is 20.8. The van der Waals surface area contributed by atoms with E-state index in [0.717, 1.165) is 38.5 Å². The number of carbonyl (C=O) groups is 1. The number of phosphoric ester groups is 1. The average molecular weight is 1350 g/mol. The molecule has 0 saturated heterocycles. The summed E-state index contributed by atoms with van der Waals surface area (Å²) >= 11 is 0. The molecule has 8 nitrogen and oxygen atoms in total. The van der Waals surface area contributed by atoms with Crippen molar-refractivity contribution < 1.29 is 32.9 Å². The molecule has 3 unspecified atom stereocenters. The Morgan fingerprint density at radius 3 is 0.723 bits per heavy atom. The zero-order valence-electron chi connectivity index (χ0n) is 65.0. The van der Waals surface area contributed by atoms with Crippen LogP contribution in [0.4, 0.5) is 0 Å². The van der Waals surface area contributed by atoms with Gasteiger partial charge in [-0.25, -0.2) is 0 Å². The summed E-state index contributed by atoms with van der Waals surface area (Å²) in [5.41, 5.74) is 0. The van der Waals surface area contributed by atoms with Gasteiger partial charge in [0.25, 0.3) is 7.82 Å². The fourth-order valence-electron chi connectivity index (χ4n) is 14.2. The Bertz CT molecular complexity index is 1490. The summed E-state index contributed by atoms with van der Waals surface area (Å²) in [5, 5.41) is 14.2. The lowest BCUT2D eigenvalue weighted by Gasteiger charge is -2.30. The minimum absolute atomic E-state index is 0.0172. The van der Waals surface area contributed by atoms with Crippen LogP contribution in [0.15, 0.2) is 0 Å². The molecule has 1 amide bonds. The molecule has 94 heavy (non-hydrogen) atoms. The van der Waals surface area contributed by atoms with Crippen LogP contribution in [-0.2, 0) is 18.4 Å². The highest BCUT2D eigenvalue weighted by molar-refractivity contribution is 7.45. The quantitative estimate of drug-likeness (QED) is 0.0357. The molecular formula is C85H173N2O6P. The number of phosphoric acid groups is 1. The van der Waals surface area contributed by atoms with Gasteiger partial charge in [0, 0.05) is 6.42 Å². The number of carbonyl (C=O) groups excluding carboxylic acids is 1. The topological polar surface area (TPSA) is 108 Å². The zero-order chi connectivity index (χ0) is 68.3. The fraction of sp³-hybridized carbons (Fsp3) is 0.988. The number of unbranched alkanes of at least 4 members (excludes halogenated alkanes) is 70. The monoisotopic (exact) mass is 1350 g/mol. The van der Waals surface area contributed by atoms with Gasteiger partial charge < -0.3 is 28.8 Å². The smallest absolute Gasteiger partial charge is 0.268 e. The molecule has 0 spiro atoms. The maximum Gasteiger partial charge on any atom is 0.268 e. The average Bonchev–Trinajstić information content (AvgIpc) is 1.77. The first kappa shape index (κ1) is 93.5. The molecular weight excluding hydrogens is 1180 g/mol. The van der Waals surface area contributed by atoms with E-state index in [2.05, 4.69) is 19.2 Å². The van der Waals surface area contributed by atoms with Gasteiger partial charge in [-0.05, 0) is 12.8 Å². The summed E-state index contributed by atoms with van der Waals surface area (Å²) in [6.07, 6.45) is 99.9. The summed E-state index contributed by atoms with van der Waals surface area (Å²) in [6.45, 7) is 4.82. The van der Waals surface area contributed by atoms with Gasteiger partial charge in [-0.1, -0.05) is 470 Å². The predicted molar refractivity (Wildman–Crippen MR) is 413 cm³/mol. The SMILES string of the molecule is CCCCCCCCCCCCCCCCCCCCCCCCCCCCCCCCCCCCCCCCCCCC(=O)NC(COP(=O)([O-])OCC[N+](C)(C)C)C(O)CCCCCCCCCCCCCCCCCCCCCCCCCCCCCCCCC. The van der Waals surface area contributed by atoms with Gasteiger partial charge in [0.2, 0.25) is 5.91 Å². The fourth-order valence-corrected chi connectivity index (χ4v) is 14.9. The van der Waals surface area contributed by atoms with Gasteiger partial charge in [0.1, 0.15) is 13.2 Å². The van der Waals surface area contributed by atoms with Gasteiger partial charge in [-0.3, -0.25) is 9.36 Å². The van der Waals surface area contributed by atoms with E-state index in [4.69, 9.17) is 9.05 Å². The molecule has 0 saturated carbocycles. The first-order valence-electron chi connectivity index (χ1n) is 43.4. The largest absolute Gasteiger partial charge is 0.756 e. The number of hydrogen-bond acceptors (Lipinski definition) is 6. The number of quaternary nitrogens is 1. The molecule has 0 aliphatic rings. The van der Waals surface area contributed by atoms with Crippen molar-refractivity contribution in [2.24, 2.45) is 0 Å². The van der Waals surface area contributed by atoms with Crippen LogP contribution in [0.3, 0.4) is 0 Å². The lowest BCUT2D eigenvalue weighted by atomic mass is 10.0. The van der Waals surface area contributed by atoms with Crippen LogP contribution in [0.25, 0.3) is 0 Å². The highest BCUT2D eigenvalue weighted by Gasteiger charge is 2.24. The van der Waals surface area contributed by atoms with Gasteiger partial charge in [0.05, 0.1) is 39.9 Å². The second kappa shape index (κ2) is 76.7. The van der Waals surface area contributed by atoms with Crippen molar-refractivity contribution in [2.45, 2.75) is 501 Å². The van der Waals surface area contributed by atoms with E-state index in [9.17, 15) is 19.4 Å². The molecule has 2 N–H and O–H groups in total. The molecule has 564 valence electrons. The lowest BCUT2D eigenvalue weighted by molar-refractivity contribution is -0.870. The van der Waals surface area contributed by atoms with E-state index < -0.39 is 20.0 Å². The normalized spacial score (nSPS) is 13.3. The van der Waals surface area contributed by atoms with Crippen molar-refractivity contribution in [1.82, 2.24) is 5.32 Å². The first-order chi connectivity index (χ1) is 46.0. The summed E-state index contributed by atoms with van der Waals surface area (Å²) in [4.78, 5) is 25.8.